The molecule has 0 amide bonds. The van der Waals surface area contributed by atoms with Crippen LogP contribution < -0.4 is 0 Å². The summed E-state index contributed by atoms with van der Waals surface area (Å²) in [4.78, 5) is 52.3. The Morgan fingerprint density at radius 2 is 1.92 bits per heavy atom. The molecule has 0 spiro atoms. The minimum absolute atomic E-state index is 0.0560. The van der Waals surface area contributed by atoms with Crippen LogP contribution in [0.2, 0.25) is 0 Å². The SMILES string of the molecule is CCC(C)CC(C)/C=C(C)/C=C/C(=O)C1C(=O)O[C@@]2(C)C(=O)C=C3C=C(C4C(=O)C[C@H](O)C[C@@H]4C)OC=C3[C@@H]12. The Labute approximate surface area is 230 Å². The zero-order chi connectivity index (χ0) is 28.6. The van der Waals surface area contributed by atoms with Crippen LogP contribution in [0.3, 0.4) is 0 Å². The van der Waals surface area contributed by atoms with Crippen molar-refractivity contribution in [2.75, 3.05) is 0 Å². The van der Waals surface area contributed by atoms with Crippen molar-refractivity contribution in [1.82, 2.24) is 0 Å². The first kappa shape index (κ1) is 28.9. The van der Waals surface area contributed by atoms with E-state index in [-0.39, 0.29) is 18.1 Å². The van der Waals surface area contributed by atoms with Crippen LogP contribution in [0.25, 0.3) is 0 Å². The topological polar surface area (TPSA) is 107 Å². The molecule has 2 aliphatic heterocycles. The summed E-state index contributed by atoms with van der Waals surface area (Å²) < 4.78 is 11.5. The van der Waals surface area contributed by atoms with Crippen LogP contribution in [-0.4, -0.2) is 40.1 Å². The van der Waals surface area contributed by atoms with Gasteiger partial charge in [0.2, 0.25) is 0 Å². The summed E-state index contributed by atoms with van der Waals surface area (Å²) >= 11 is 0. The molecule has 210 valence electrons. The number of carbonyl (C=O) groups is 4. The van der Waals surface area contributed by atoms with E-state index in [1.165, 1.54) is 25.3 Å². The molecule has 4 rings (SSSR count). The zero-order valence-electron chi connectivity index (χ0n) is 23.7. The summed E-state index contributed by atoms with van der Waals surface area (Å²) in [7, 11) is 0. The van der Waals surface area contributed by atoms with E-state index in [1.807, 2.05) is 13.8 Å². The van der Waals surface area contributed by atoms with Crippen LogP contribution in [0.5, 0.6) is 0 Å². The van der Waals surface area contributed by atoms with Crippen molar-refractivity contribution >= 4 is 23.3 Å². The number of hydrogen-bond donors (Lipinski definition) is 1. The van der Waals surface area contributed by atoms with E-state index in [0.29, 0.717) is 35.2 Å². The lowest BCUT2D eigenvalue weighted by atomic mass is 9.67. The first-order chi connectivity index (χ1) is 18.3. The number of Topliss-reactive ketones (excluding diaryl/α,β-unsaturated/α-hetero) is 1. The number of esters is 1. The van der Waals surface area contributed by atoms with Gasteiger partial charge in [-0.15, -0.1) is 0 Å². The summed E-state index contributed by atoms with van der Waals surface area (Å²) in [5.41, 5.74) is 0.467. The number of aliphatic hydroxyl groups is 1. The third-order valence-electron chi connectivity index (χ3n) is 8.70. The van der Waals surface area contributed by atoms with E-state index in [0.717, 1.165) is 18.4 Å². The number of aliphatic hydroxyl groups excluding tert-OH is 1. The van der Waals surface area contributed by atoms with E-state index in [4.69, 9.17) is 9.47 Å². The van der Waals surface area contributed by atoms with E-state index in [2.05, 4.69) is 26.8 Å². The van der Waals surface area contributed by atoms with Gasteiger partial charge < -0.3 is 14.6 Å². The highest BCUT2D eigenvalue weighted by molar-refractivity contribution is 6.12. The number of ether oxygens (including phenoxy) is 2. The highest BCUT2D eigenvalue weighted by atomic mass is 16.6. The highest BCUT2D eigenvalue weighted by Gasteiger charge is 2.62. The van der Waals surface area contributed by atoms with Gasteiger partial charge >= 0.3 is 5.97 Å². The fourth-order valence-corrected chi connectivity index (χ4v) is 6.50. The third kappa shape index (κ3) is 5.65. The van der Waals surface area contributed by atoms with Gasteiger partial charge in [-0.2, -0.15) is 0 Å². The van der Waals surface area contributed by atoms with Gasteiger partial charge in [-0.05, 0) is 68.2 Å². The van der Waals surface area contributed by atoms with Gasteiger partial charge in [0.15, 0.2) is 17.2 Å². The molecule has 0 radical (unpaired) electrons. The van der Waals surface area contributed by atoms with Crippen molar-refractivity contribution < 1.29 is 33.8 Å². The maximum absolute atomic E-state index is 13.4. The number of hydrogen-bond acceptors (Lipinski definition) is 7. The highest BCUT2D eigenvalue weighted by Crippen LogP contribution is 2.50. The van der Waals surface area contributed by atoms with Gasteiger partial charge in [-0.1, -0.05) is 51.8 Å². The van der Waals surface area contributed by atoms with E-state index in [1.54, 1.807) is 12.2 Å². The van der Waals surface area contributed by atoms with E-state index >= 15 is 0 Å². The van der Waals surface area contributed by atoms with Crippen molar-refractivity contribution in [2.24, 2.45) is 35.5 Å². The molecule has 0 bridgehead atoms. The Kier molecular flexibility index (Phi) is 8.31. The Morgan fingerprint density at radius 3 is 2.59 bits per heavy atom. The second kappa shape index (κ2) is 11.2. The van der Waals surface area contributed by atoms with Crippen LogP contribution in [-0.2, 0) is 28.7 Å². The molecule has 8 atom stereocenters. The van der Waals surface area contributed by atoms with Crippen molar-refractivity contribution in [3.05, 3.63) is 59.1 Å². The number of allylic oxidation sites excluding steroid dienone is 7. The Bertz CT molecular complexity index is 1210. The largest absolute Gasteiger partial charge is 0.468 e. The second-order valence-corrected chi connectivity index (χ2v) is 12.1. The molecule has 4 aliphatic rings. The molecule has 2 fully saturated rings. The van der Waals surface area contributed by atoms with Gasteiger partial charge in [0.05, 0.1) is 24.2 Å². The summed E-state index contributed by atoms with van der Waals surface area (Å²) in [5.74, 6) is -2.99. The lowest BCUT2D eigenvalue weighted by molar-refractivity contribution is -0.156. The Balaban J connectivity index is 1.58. The molecule has 0 aromatic carbocycles. The molecular weight excluding hydrogens is 496 g/mol. The predicted molar refractivity (Wildman–Crippen MR) is 146 cm³/mol. The van der Waals surface area contributed by atoms with Gasteiger partial charge in [0.25, 0.3) is 0 Å². The van der Waals surface area contributed by atoms with Crippen LogP contribution in [0.15, 0.2) is 59.1 Å². The normalized spacial score (nSPS) is 34.3. The standard InChI is InChI=1S/C32H40O7/c1-7-17(2)10-19(4)11-18(3)8-9-24(34)29-30-23-16-38-26(28-20(5)12-22(33)15-25(28)35)13-21(23)14-27(36)32(30,6)39-31(29)37/h8-9,11,13-14,16-17,19-20,22,28-30,33H,7,10,12,15H2,1-6H3/b9-8+,18-11+/t17?,19?,20-,22+,28?,29?,30-,32-/m0/s1. The number of fused-ring (bicyclic) bond motifs is 3. The van der Waals surface area contributed by atoms with Crippen molar-refractivity contribution in [3.8, 4) is 0 Å². The van der Waals surface area contributed by atoms with Crippen LogP contribution in [0.1, 0.15) is 67.2 Å². The monoisotopic (exact) mass is 536 g/mol. The van der Waals surface area contributed by atoms with Crippen LogP contribution in [0, 0.1) is 35.5 Å². The number of rotatable bonds is 8. The van der Waals surface area contributed by atoms with Crippen LogP contribution in [0.4, 0.5) is 0 Å². The summed E-state index contributed by atoms with van der Waals surface area (Å²) in [5, 5.41) is 9.96. The van der Waals surface area contributed by atoms with Crippen molar-refractivity contribution in [3.63, 3.8) is 0 Å². The minimum Gasteiger partial charge on any atom is -0.468 e. The summed E-state index contributed by atoms with van der Waals surface area (Å²) in [6.45, 7) is 11.9. The molecule has 7 heteroatoms. The zero-order valence-corrected chi connectivity index (χ0v) is 23.7. The van der Waals surface area contributed by atoms with Gasteiger partial charge in [0.1, 0.15) is 17.5 Å². The summed E-state index contributed by atoms with van der Waals surface area (Å²) in [6, 6.07) is 0. The molecule has 2 aliphatic carbocycles. The molecule has 1 N–H and O–H groups in total. The Morgan fingerprint density at radius 1 is 1.21 bits per heavy atom. The van der Waals surface area contributed by atoms with Gasteiger partial charge in [-0.3, -0.25) is 19.2 Å². The average molecular weight is 537 g/mol. The van der Waals surface area contributed by atoms with Crippen molar-refractivity contribution in [2.45, 2.75) is 78.9 Å². The van der Waals surface area contributed by atoms with Gasteiger partial charge in [0, 0.05) is 12.0 Å². The van der Waals surface area contributed by atoms with E-state index in [9.17, 15) is 24.3 Å². The van der Waals surface area contributed by atoms with E-state index < -0.39 is 47.0 Å². The number of ketones is 3. The molecule has 2 heterocycles. The number of carbonyl (C=O) groups excluding carboxylic acids is 4. The third-order valence-corrected chi connectivity index (χ3v) is 8.70. The van der Waals surface area contributed by atoms with Gasteiger partial charge in [-0.25, -0.2) is 0 Å². The first-order valence-corrected chi connectivity index (χ1v) is 14.0. The molecule has 0 aromatic rings. The molecular formula is C32H40O7. The molecule has 4 unspecified atom stereocenters. The quantitative estimate of drug-likeness (QED) is 0.202. The predicted octanol–water partition coefficient (Wildman–Crippen LogP) is 4.96. The molecule has 0 aromatic heterocycles. The Hall–Kier alpha value is -3.06. The fourth-order valence-electron chi connectivity index (χ4n) is 6.50. The molecule has 1 saturated heterocycles. The van der Waals surface area contributed by atoms with Crippen LogP contribution >= 0.6 is 0 Å². The smallest absolute Gasteiger partial charge is 0.318 e. The molecule has 7 nitrogen and oxygen atoms in total. The maximum atomic E-state index is 13.4. The maximum Gasteiger partial charge on any atom is 0.318 e. The lowest BCUT2D eigenvalue weighted by Gasteiger charge is -2.37. The summed E-state index contributed by atoms with van der Waals surface area (Å²) in [6.07, 6.45) is 11.8. The fraction of sp³-hybridized carbons (Fsp3) is 0.562. The second-order valence-electron chi connectivity index (χ2n) is 12.1. The molecule has 1 saturated carbocycles. The average Bonchev–Trinajstić information content (AvgIpc) is 3.13. The first-order valence-electron chi connectivity index (χ1n) is 14.0. The minimum atomic E-state index is -1.51. The molecule has 39 heavy (non-hydrogen) atoms. The lowest BCUT2D eigenvalue weighted by Crippen LogP contribution is -2.46. The van der Waals surface area contributed by atoms with Crippen molar-refractivity contribution in [1.29, 1.82) is 0 Å².